The standard InChI is InChI=1S/C18H20ClFN4S/c1-2-24-18(16(19)10-22-24)13-8-17(25-11-13)23-15(9-21)7-12-4-3-5-14(20)6-12/h3-6,8,10-11,15,23H,2,7,9,21H2,1H3/t15-/m0/s1. The van der Waals surface area contributed by atoms with Crippen LogP contribution in [0.1, 0.15) is 12.5 Å². The average Bonchev–Trinajstić information content (AvgIpc) is 3.20. The van der Waals surface area contributed by atoms with Crippen molar-refractivity contribution in [3.8, 4) is 11.3 Å². The molecule has 1 atom stereocenters. The number of hydrogen-bond acceptors (Lipinski definition) is 4. The number of anilines is 1. The van der Waals surface area contributed by atoms with Crippen molar-refractivity contribution >= 4 is 27.9 Å². The third-order valence-electron chi connectivity index (χ3n) is 3.97. The Balaban J connectivity index is 1.74. The lowest BCUT2D eigenvalue weighted by Gasteiger charge is -2.17. The molecule has 0 spiro atoms. The van der Waals surface area contributed by atoms with Gasteiger partial charge in [0.25, 0.3) is 0 Å². The number of benzene rings is 1. The van der Waals surface area contributed by atoms with Crippen LogP contribution in [-0.2, 0) is 13.0 Å². The van der Waals surface area contributed by atoms with Gasteiger partial charge in [0.15, 0.2) is 0 Å². The molecule has 3 aromatic rings. The maximum absolute atomic E-state index is 13.3. The minimum absolute atomic E-state index is 0.0276. The predicted octanol–water partition coefficient (Wildman–Crippen LogP) is 4.41. The van der Waals surface area contributed by atoms with Crippen LogP contribution in [0.25, 0.3) is 11.3 Å². The summed E-state index contributed by atoms with van der Waals surface area (Å²) < 4.78 is 15.2. The van der Waals surface area contributed by atoms with E-state index in [0.29, 0.717) is 18.0 Å². The number of thiophene rings is 1. The molecule has 1 aromatic carbocycles. The molecule has 0 unspecified atom stereocenters. The first-order chi connectivity index (χ1) is 12.1. The summed E-state index contributed by atoms with van der Waals surface area (Å²) in [5.41, 5.74) is 8.76. The average molecular weight is 379 g/mol. The van der Waals surface area contributed by atoms with Crippen molar-refractivity contribution in [2.24, 2.45) is 5.73 Å². The zero-order valence-corrected chi connectivity index (χ0v) is 15.4. The molecule has 2 aromatic heterocycles. The molecule has 0 fully saturated rings. The van der Waals surface area contributed by atoms with Crippen LogP contribution in [0.15, 0.2) is 41.9 Å². The number of nitrogens with two attached hydrogens (primary N) is 1. The Bertz CT molecular complexity index is 845. The summed E-state index contributed by atoms with van der Waals surface area (Å²) in [5, 5.41) is 11.4. The molecular weight excluding hydrogens is 359 g/mol. The lowest BCUT2D eigenvalue weighted by molar-refractivity contribution is 0.622. The van der Waals surface area contributed by atoms with Gasteiger partial charge in [-0.3, -0.25) is 4.68 Å². The summed E-state index contributed by atoms with van der Waals surface area (Å²) in [4.78, 5) is 0. The Morgan fingerprint density at radius 3 is 2.96 bits per heavy atom. The van der Waals surface area contributed by atoms with E-state index < -0.39 is 0 Å². The van der Waals surface area contributed by atoms with Gasteiger partial charge in [-0.2, -0.15) is 5.10 Å². The second kappa shape index (κ2) is 7.99. The number of nitrogens with one attached hydrogen (secondary N) is 1. The fraction of sp³-hybridized carbons (Fsp3) is 0.278. The maximum atomic E-state index is 13.3. The second-order valence-electron chi connectivity index (χ2n) is 5.77. The Labute approximate surface area is 155 Å². The van der Waals surface area contributed by atoms with Gasteiger partial charge in [0, 0.05) is 30.1 Å². The van der Waals surface area contributed by atoms with E-state index in [-0.39, 0.29) is 11.9 Å². The molecule has 7 heteroatoms. The summed E-state index contributed by atoms with van der Waals surface area (Å²) in [6, 6.07) is 8.69. The topological polar surface area (TPSA) is 55.9 Å². The van der Waals surface area contributed by atoms with Crippen LogP contribution in [0.3, 0.4) is 0 Å². The van der Waals surface area contributed by atoms with Crippen LogP contribution in [-0.4, -0.2) is 22.4 Å². The van der Waals surface area contributed by atoms with Gasteiger partial charge in [0.1, 0.15) is 5.82 Å². The summed E-state index contributed by atoms with van der Waals surface area (Å²) in [7, 11) is 0. The molecule has 3 N–H and O–H groups in total. The van der Waals surface area contributed by atoms with E-state index in [1.165, 1.54) is 6.07 Å². The Kier molecular flexibility index (Phi) is 5.73. The molecule has 0 aliphatic heterocycles. The van der Waals surface area contributed by atoms with Crippen molar-refractivity contribution in [3.05, 3.63) is 58.3 Å². The van der Waals surface area contributed by atoms with E-state index >= 15 is 0 Å². The minimum atomic E-state index is -0.228. The third-order valence-corrected chi connectivity index (χ3v) is 5.11. The fourth-order valence-corrected chi connectivity index (χ4v) is 3.88. The highest BCUT2D eigenvalue weighted by Crippen LogP contribution is 2.33. The summed E-state index contributed by atoms with van der Waals surface area (Å²) >= 11 is 7.86. The van der Waals surface area contributed by atoms with E-state index in [9.17, 15) is 4.39 Å². The number of nitrogens with zero attached hydrogens (tertiary/aromatic N) is 2. The van der Waals surface area contributed by atoms with Crippen LogP contribution < -0.4 is 11.1 Å². The van der Waals surface area contributed by atoms with Crippen molar-refractivity contribution in [2.75, 3.05) is 11.9 Å². The van der Waals surface area contributed by atoms with Gasteiger partial charge >= 0.3 is 0 Å². The quantitative estimate of drug-likeness (QED) is 0.640. The molecule has 25 heavy (non-hydrogen) atoms. The molecule has 0 saturated heterocycles. The molecule has 0 saturated carbocycles. The van der Waals surface area contributed by atoms with Gasteiger partial charge in [0.05, 0.1) is 21.9 Å². The number of halogens is 2. The van der Waals surface area contributed by atoms with Gasteiger partial charge in [-0.05, 0) is 37.1 Å². The van der Waals surface area contributed by atoms with Gasteiger partial charge < -0.3 is 11.1 Å². The summed E-state index contributed by atoms with van der Waals surface area (Å²) in [6.07, 6.45) is 2.33. The molecule has 4 nitrogen and oxygen atoms in total. The third kappa shape index (κ3) is 4.21. The lowest BCUT2D eigenvalue weighted by Crippen LogP contribution is -2.30. The molecule has 132 valence electrons. The van der Waals surface area contributed by atoms with Gasteiger partial charge in [-0.1, -0.05) is 23.7 Å². The molecule has 0 aliphatic carbocycles. The monoisotopic (exact) mass is 378 g/mol. The summed E-state index contributed by atoms with van der Waals surface area (Å²) in [5.74, 6) is -0.228. The Morgan fingerprint density at radius 2 is 2.24 bits per heavy atom. The normalized spacial score (nSPS) is 12.3. The molecule has 0 bridgehead atoms. The zero-order valence-electron chi connectivity index (χ0n) is 13.9. The van der Waals surface area contributed by atoms with Crippen molar-refractivity contribution < 1.29 is 4.39 Å². The van der Waals surface area contributed by atoms with Gasteiger partial charge in [-0.15, -0.1) is 11.3 Å². The zero-order chi connectivity index (χ0) is 17.8. The maximum Gasteiger partial charge on any atom is 0.123 e. The Hall–Kier alpha value is -1.89. The predicted molar refractivity (Wildman–Crippen MR) is 103 cm³/mol. The first-order valence-electron chi connectivity index (χ1n) is 8.12. The van der Waals surface area contributed by atoms with Crippen LogP contribution in [0.5, 0.6) is 0 Å². The summed E-state index contributed by atoms with van der Waals surface area (Å²) in [6.45, 7) is 3.24. The largest absolute Gasteiger partial charge is 0.373 e. The van der Waals surface area contributed by atoms with E-state index in [2.05, 4.69) is 10.4 Å². The highest BCUT2D eigenvalue weighted by molar-refractivity contribution is 7.14. The fourth-order valence-electron chi connectivity index (χ4n) is 2.77. The SMILES string of the molecule is CCn1ncc(Cl)c1-c1csc(N[C@H](CN)Cc2cccc(F)c2)c1. The number of hydrogen-bond donors (Lipinski definition) is 2. The van der Waals surface area contributed by atoms with E-state index in [4.69, 9.17) is 17.3 Å². The lowest BCUT2D eigenvalue weighted by atomic mass is 10.1. The number of aryl methyl sites for hydroxylation is 1. The van der Waals surface area contributed by atoms with Crippen LogP contribution in [0.2, 0.25) is 5.02 Å². The highest BCUT2D eigenvalue weighted by atomic mass is 35.5. The van der Waals surface area contributed by atoms with E-state index in [1.807, 2.05) is 29.1 Å². The molecular formula is C18H20ClFN4S. The van der Waals surface area contributed by atoms with Crippen LogP contribution >= 0.6 is 22.9 Å². The van der Waals surface area contributed by atoms with E-state index in [1.54, 1.807) is 29.7 Å². The molecule has 0 aliphatic rings. The molecule has 3 rings (SSSR count). The van der Waals surface area contributed by atoms with Gasteiger partial charge in [0.2, 0.25) is 0 Å². The van der Waals surface area contributed by atoms with Crippen LogP contribution in [0.4, 0.5) is 9.39 Å². The smallest absolute Gasteiger partial charge is 0.123 e. The Morgan fingerprint density at radius 1 is 1.40 bits per heavy atom. The first-order valence-corrected chi connectivity index (χ1v) is 9.37. The molecule has 0 radical (unpaired) electrons. The number of aromatic nitrogens is 2. The molecule has 2 heterocycles. The second-order valence-corrected chi connectivity index (χ2v) is 7.09. The van der Waals surface area contributed by atoms with Crippen molar-refractivity contribution in [3.63, 3.8) is 0 Å². The minimum Gasteiger partial charge on any atom is -0.373 e. The van der Waals surface area contributed by atoms with E-state index in [0.717, 1.165) is 28.4 Å². The van der Waals surface area contributed by atoms with Crippen LogP contribution in [0, 0.1) is 5.82 Å². The first kappa shape index (κ1) is 17.9. The highest BCUT2D eigenvalue weighted by Gasteiger charge is 2.14. The van der Waals surface area contributed by atoms with Crippen molar-refractivity contribution in [1.29, 1.82) is 0 Å². The van der Waals surface area contributed by atoms with Gasteiger partial charge in [-0.25, -0.2) is 4.39 Å². The van der Waals surface area contributed by atoms with Crippen molar-refractivity contribution in [1.82, 2.24) is 9.78 Å². The number of rotatable bonds is 7. The van der Waals surface area contributed by atoms with Crippen molar-refractivity contribution in [2.45, 2.75) is 25.9 Å². The molecule has 0 amide bonds.